The first-order valence-electron chi connectivity index (χ1n) is 14.6. The van der Waals surface area contributed by atoms with Crippen LogP contribution >= 0.6 is 21.6 Å². The van der Waals surface area contributed by atoms with Crippen molar-refractivity contribution < 1.29 is 9.59 Å². The first-order chi connectivity index (χ1) is 22.6. The molecule has 0 bridgehead atoms. The predicted octanol–water partition coefficient (Wildman–Crippen LogP) is 6.60. The van der Waals surface area contributed by atoms with Gasteiger partial charge in [0, 0.05) is 57.9 Å². The van der Waals surface area contributed by atoms with E-state index in [4.69, 9.17) is 0 Å². The van der Waals surface area contributed by atoms with E-state index in [-0.39, 0.29) is 11.8 Å². The molecule has 0 atom stereocenters. The van der Waals surface area contributed by atoms with Crippen molar-refractivity contribution in [1.29, 1.82) is 0 Å². The van der Waals surface area contributed by atoms with Gasteiger partial charge < -0.3 is 21.3 Å². The van der Waals surface area contributed by atoms with E-state index in [0.29, 0.717) is 35.9 Å². The van der Waals surface area contributed by atoms with E-state index >= 15 is 0 Å². The number of aromatic nitrogens is 4. The average Bonchev–Trinajstić information content (AvgIpc) is 3.10. The Morgan fingerprint density at radius 2 is 1.00 bits per heavy atom. The Kier molecular flexibility index (Phi) is 10.2. The molecule has 230 valence electrons. The number of anilines is 4. The first-order valence-corrected chi connectivity index (χ1v) is 17.1. The molecule has 12 heteroatoms. The fourth-order valence-electron chi connectivity index (χ4n) is 4.69. The van der Waals surface area contributed by atoms with Crippen LogP contribution in [0.25, 0.3) is 21.8 Å². The SMILES string of the molecule is O=C(NCCSSCCNC(=O)c1cccc(Nc2ncnc3ccccc23)c1)c1cccc(Nc2ncnc3ccccc23)c1. The Balaban J connectivity index is 0.897. The van der Waals surface area contributed by atoms with E-state index < -0.39 is 0 Å². The Labute approximate surface area is 273 Å². The molecule has 46 heavy (non-hydrogen) atoms. The molecule has 0 radical (unpaired) electrons. The second-order valence-electron chi connectivity index (χ2n) is 10.0. The minimum Gasteiger partial charge on any atom is -0.351 e. The van der Waals surface area contributed by atoms with Crippen LogP contribution in [0, 0.1) is 0 Å². The fourth-order valence-corrected chi connectivity index (χ4v) is 6.51. The van der Waals surface area contributed by atoms with Gasteiger partial charge in [-0.05, 0) is 60.7 Å². The second-order valence-corrected chi connectivity index (χ2v) is 12.7. The summed E-state index contributed by atoms with van der Waals surface area (Å²) in [5.74, 6) is 2.56. The van der Waals surface area contributed by atoms with Crippen molar-refractivity contribution in [3.8, 4) is 0 Å². The lowest BCUT2D eigenvalue weighted by atomic mass is 10.1. The number of hydrogen-bond donors (Lipinski definition) is 4. The molecule has 10 nitrogen and oxygen atoms in total. The van der Waals surface area contributed by atoms with E-state index in [2.05, 4.69) is 41.2 Å². The molecule has 0 fully saturated rings. The van der Waals surface area contributed by atoms with Gasteiger partial charge in [0.25, 0.3) is 11.8 Å². The molecule has 4 aromatic carbocycles. The molecule has 2 aromatic heterocycles. The minimum absolute atomic E-state index is 0.140. The lowest BCUT2D eigenvalue weighted by molar-refractivity contribution is 0.0948. The maximum absolute atomic E-state index is 12.8. The highest BCUT2D eigenvalue weighted by atomic mass is 33.1. The first kappa shape index (κ1) is 30.8. The topological polar surface area (TPSA) is 134 Å². The van der Waals surface area contributed by atoms with E-state index in [1.54, 1.807) is 45.9 Å². The van der Waals surface area contributed by atoms with E-state index in [1.165, 1.54) is 12.7 Å². The molecule has 0 spiro atoms. The van der Waals surface area contributed by atoms with Gasteiger partial charge in [-0.3, -0.25) is 9.59 Å². The van der Waals surface area contributed by atoms with Crippen LogP contribution in [0.5, 0.6) is 0 Å². The van der Waals surface area contributed by atoms with Crippen LogP contribution in [-0.2, 0) is 0 Å². The largest absolute Gasteiger partial charge is 0.351 e. The number of para-hydroxylation sites is 2. The van der Waals surface area contributed by atoms with Crippen molar-refractivity contribution in [2.45, 2.75) is 0 Å². The molecular formula is C34H30N8O2S2. The fraction of sp³-hybridized carbons (Fsp3) is 0.118. The van der Waals surface area contributed by atoms with Gasteiger partial charge in [0.05, 0.1) is 11.0 Å². The van der Waals surface area contributed by atoms with Gasteiger partial charge in [0.15, 0.2) is 0 Å². The number of carbonyl (C=O) groups excluding carboxylic acids is 2. The van der Waals surface area contributed by atoms with Crippen LogP contribution < -0.4 is 21.3 Å². The molecule has 0 aliphatic carbocycles. The highest BCUT2D eigenvalue weighted by Gasteiger charge is 2.10. The summed E-state index contributed by atoms with van der Waals surface area (Å²) >= 11 is 0. The quantitative estimate of drug-likeness (QED) is 0.0803. The second kappa shape index (κ2) is 15.2. The van der Waals surface area contributed by atoms with Gasteiger partial charge in [0.2, 0.25) is 0 Å². The van der Waals surface area contributed by atoms with Crippen molar-refractivity contribution in [1.82, 2.24) is 30.6 Å². The van der Waals surface area contributed by atoms with Crippen LogP contribution in [0.2, 0.25) is 0 Å². The number of fused-ring (bicyclic) bond motifs is 2. The third kappa shape index (κ3) is 7.89. The smallest absolute Gasteiger partial charge is 0.251 e. The normalized spacial score (nSPS) is 10.9. The molecule has 6 aromatic rings. The zero-order chi connectivity index (χ0) is 31.6. The molecule has 4 N–H and O–H groups in total. The van der Waals surface area contributed by atoms with Crippen molar-refractivity contribution in [2.75, 3.05) is 35.2 Å². The van der Waals surface area contributed by atoms with Crippen LogP contribution in [-0.4, -0.2) is 56.3 Å². The van der Waals surface area contributed by atoms with Crippen LogP contribution in [0.1, 0.15) is 20.7 Å². The molecular weight excluding hydrogens is 617 g/mol. The summed E-state index contributed by atoms with van der Waals surface area (Å²) in [5, 5.41) is 14.4. The maximum atomic E-state index is 12.8. The number of hydrogen-bond acceptors (Lipinski definition) is 10. The Morgan fingerprint density at radius 3 is 1.48 bits per heavy atom. The van der Waals surface area contributed by atoms with Gasteiger partial charge in [-0.25, -0.2) is 19.9 Å². The third-order valence-corrected chi connectivity index (χ3v) is 9.29. The third-order valence-electron chi connectivity index (χ3n) is 6.89. The minimum atomic E-state index is -0.140. The number of benzene rings is 4. The molecule has 0 saturated heterocycles. The Bertz CT molecular complexity index is 1840. The Morgan fingerprint density at radius 1 is 0.543 bits per heavy atom. The number of rotatable bonds is 13. The van der Waals surface area contributed by atoms with Crippen LogP contribution in [0.3, 0.4) is 0 Å². The predicted molar refractivity (Wildman–Crippen MR) is 188 cm³/mol. The van der Waals surface area contributed by atoms with E-state index in [0.717, 1.165) is 44.7 Å². The van der Waals surface area contributed by atoms with Gasteiger partial charge in [-0.15, -0.1) is 0 Å². The zero-order valence-corrected chi connectivity index (χ0v) is 26.3. The molecule has 0 saturated carbocycles. The maximum Gasteiger partial charge on any atom is 0.251 e. The van der Waals surface area contributed by atoms with Crippen LogP contribution in [0.4, 0.5) is 23.0 Å². The molecule has 2 amide bonds. The van der Waals surface area contributed by atoms with Gasteiger partial charge in [-0.2, -0.15) is 0 Å². The summed E-state index contributed by atoms with van der Waals surface area (Å²) in [5.41, 5.74) is 4.36. The van der Waals surface area contributed by atoms with Gasteiger partial charge in [-0.1, -0.05) is 58.0 Å². The zero-order valence-electron chi connectivity index (χ0n) is 24.6. The van der Waals surface area contributed by atoms with Gasteiger partial charge in [0.1, 0.15) is 24.3 Å². The molecule has 0 unspecified atom stereocenters. The monoisotopic (exact) mass is 646 g/mol. The molecule has 2 heterocycles. The van der Waals surface area contributed by atoms with Crippen LogP contribution in [0.15, 0.2) is 110 Å². The number of carbonyl (C=O) groups is 2. The summed E-state index contributed by atoms with van der Waals surface area (Å²) < 4.78 is 0. The summed E-state index contributed by atoms with van der Waals surface area (Å²) in [6.07, 6.45) is 3.04. The molecule has 0 aliphatic heterocycles. The van der Waals surface area contributed by atoms with Crippen molar-refractivity contribution in [3.63, 3.8) is 0 Å². The lowest BCUT2D eigenvalue weighted by Crippen LogP contribution is -2.26. The molecule has 0 aliphatic rings. The number of nitrogens with zero attached hydrogens (tertiary/aromatic N) is 4. The summed E-state index contributed by atoms with van der Waals surface area (Å²) in [6.45, 7) is 1.05. The standard InChI is InChI=1S/C34H30N8O2S2/c43-33(23-7-5-9-25(19-23)41-31-27-11-1-3-13-29(27)37-21-39-31)35-15-17-45-46-18-16-36-34(44)24-8-6-10-26(20-24)42-32-28-12-2-4-14-30(28)38-22-40-32/h1-14,19-22H,15-18H2,(H,35,43)(H,36,44)(H,37,39,41)(H,38,40,42). The van der Waals surface area contributed by atoms with E-state index in [1.807, 2.05) is 72.8 Å². The lowest BCUT2D eigenvalue weighted by Gasteiger charge is -2.10. The van der Waals surface area contributed by atoms with Crippen molar-refractivity contribution >= 4 is 78.2 Å². The summed E-state index contributed by atoms with van der Waals surface area (Å²) in [6, 6.07) is 30.2. The Hall–Kier alpha value is -5.20. The number of nitrogens with one attached hydrogen (secondary N) is 4. The summed E-state index contributed by atoms with van der Waals surface area (Å²) in [7, 11) is 3.30. The number of amides is 2. The highest BCUT2D eigenvalue weighted by molar-refractivity contribution is 8.76. The van der Waals surface area contributed by atoms with Crippen molar-refractivity contribution in [2.24, 2.45) is 0 Å². The summed E-state index contributed by atoms with van der Waals surface area (Å²) in [4.78, 5) is 42.8. The van der Waals surface area contributed by atoms with E-state index in [9.17, 15) is 9.59 Å². The van der Waals surface area contributed by atoms with Crippen molar-refractivity contribution in [3.05, 3.63) is 121 Å². The molecule has 6 rings (SSSR count). The van der Waals surface area contributed by atoms with Gasteiger partial charge >= 0.3 is 0 Å². The highest BCUT2D eigenvalue weighted by Crippen LogP contribution is 2.25. The average molecular weight is 647 g/mol.